The predicted octanol–water partition coefficient (Wildman–Crippen LogP) is 10.6. The molecule has 4 nitrogen and oxygen atoms in total. The van der Waals surface area contributed by atoms with E-state index in [0.29, 0.717) is 5.95 Å². The van der Waals surface area contributed by atoms with E-state index in [0.717, 1.165) is 27.9 Å². The lowest BCUT2D eigenvalue weighted by Crippen LogP contribution is -2.02. The number of hydrogen-bond donors (Lipinski definition) is 0. The van der Waals surface area contributed by atoms with E-state index in [1.165, 1.54) is 54.4 Å². The van der Waals surface area contributed by atoms with Crippen LogP contribution in [0, 0.1) is 0 Å². The van der Waals surface area contributed by atoms with Crippen molar-refractivity contribution < 1.29 is 0 Å². The summed E-state index contributed by atoms with van der Waals surface area (Å²) in [6.07, 6.45) is 1.88. The van der Waals surface area contributed by atoms with Gasteiger partial charge in [-0.15, -0.1) is 0 Å². The SMILES string of the molecule is c1ccc(-c2cccc(-c3ccnc(-n4c5ccccc5c5ccc6c(cc7c8ccccc8c8ccccc8n76)c54)n3)c2)cc1. The average Bonchev–Trinajstić information content (AvgIpc) is 3.69. The molecule has 10 rings (SSSR count). The first-order valence-electron chi connectivity index (χ1n) is 15.6. The quantitative estimate of drug-likeness (QED) is 0.193. The third kappa shape index (κ3) is 3.55. The molecule has 0 bridgehead atoms. The second kappa shape index (κ2) is 9.62. The Kier molecular flexibility index (Phi) is 5.25. The predicted molar refractivity (Wildman–Crippen MR) is 191 cm³/mol. The van der Waals surface area contributed by atoms with Crippen molar-refractivity contribution in [3.63, 3.8) is 0 Å². The minimum Gasteiger partial charge on any atom is -0.309 e. The molecule has 0 aliphatic rings. The summed E-state index contributed by atoms with van der Waals surface area (Å²) in [5.74, 6) is 0.659. The fourth-order valence-corrected chi connectivity index (χ4v) is 7.35. The Morgan fingerprint density at radius 1 is 0.391 bits per heavy atom. The summed E-state index contributed by atoms with van der Waals surface area (Å²) < 4.78 is 4.67. The van der Waals surface area contributed by atoms with E-state index >= 15 is 0 Å². The van der Waals surface area contributed by atoms with Crippen molar-refractivity contribution in [3.8, 4) is 28.3 Å². The summed E-state index contributed by atoms with van der Waals surface area (Å²) in [7, 11) is 0. The summed E-state index contributed by atoms with van der Waals surface area (Å²) in [4.78, 5) is 10.1. The second-order valence-corrected chi connectivity index (χ2v) is 11.9. The molecule has 0 radical (unpaired) electrons. The molecule has 46 heavy (non-hydrogen) atoms. The molecular formula is C42H26N4. The summed E-state index contributed by atoms with van der Waals surface area (Å²) in [5, 5.41) is 7.30. The second-order valence-electron chi connectivity index (χ2n) is 11.9. The molecule has 4 aromatic heterocycles. The molecule has 0 fully saturated rings. The van der Waals surface area contributed by atoms with Crippen LogP contribution in [-0.2, 0) is 0 Å². The van der Waals surface area contributed by atoms with Gasteiger partial charge in [-0.3, -0.25) is 4.57 Å². The van der Waals surface area contributed by atoms with Crippen LogP contribution in [0.4, 0.5) is 0 Å². The van der Waals surface area contributed by atoms with Gasteiger partial charge in [0.05, 0.1) is 33.3 Å². The van der Waals surface area contributed by atoms with Crippen molar-refractivity contribution >= 4 is 59.9 Å². The molecule has 4 heteroatoms. The van der Waals surface area contributed by atoms with E-state index in [9.17, 15) is 0 Å². The number of hydrogen-bond acceptors (Lipinski definition) is 2. The summed E-state index contributed by atoms with van der Waals surface area (Å²) in [6, 6.07) is 54.0. The van der Waals surface area contributed by atoms with E-state index < -0.39 is 0 Å². The first kappa shape index (κ1) is 25.1. The topological polar surface area (TPSA) is 35.1 Å². The smallest absolute Gasteiger partial charge is 0.235 e. The van der Waals surface area contributed by atoms with Gasteiger partial charge in [-0.05, 0) is 52.9 Å². The largest absolute Gasteiger partial charge is 0.309 e. The maximum absolute atomic E-state index is 5.23. The minimum atomic E-state index is 0.659. The minimum absolute atomic E-state index is 0.659. The van der Waals surface area contributed by atoms with Crippen LogP contribution in [0.1, 0.15) is 0 Å². The van der Waals surface area contributed by atoms with E-state index in [1.807, 2.05) is 18.3 Å². The number of pyridine rings is 1. The third-order valence-electron chi connectivity index (χ3n) is 9.36. The Labute approximate surface area is 264 Å². The molecule has 0 spiro atoms. The Morgan fingerprint density at radius 2 is 1.02 bits per heavy atom. The van der Waals surface area contributed by atoms with E-state index in [-0.39, 0.29) is 0 Å². The van der Waals surface area contributed by atoms with Gasteiger partial charge in [-0.1, -0.05) is 115 Å². The van der Waals surface area contributed by atoms with Crippen LogP contribution in [0.5, 0.6) is 0 Å². The zero-order valence-electron chi connectivity index (χ0n) is 24.8. The van der Waals surface area contributed by atoms with Gasteiger partial charge in [0.25, 0.3) is 0 Å². The fourth-order valence-electron chi connectivity index (χ4n) is 7.35. The Hall–Kier alpha value is -6.26. The van der Waals surface area contributed by atoms with Gasteiger partial charge in [0, 0.05) is 38.7 Å². The molecule has 0 aliphatic carbocycles. The molecule has 0 unspecified atom stereocenters. The normalized spacial score (nSPS) is 11.9. The highest BCUT2D eigenvalue weighted by atomic mass is 15.2. The van der Waals surface area contributed by atoms with Gasteiger partial charge >= 0.3 is 0 Å². The lowest BCUT2D eigenvalue weighted by molar-refractivity contribution is 0.994. The van der Waals surface area contributed by atoms with Gasteiger partial charge in [-0.25, -0.2) is 9.97 Å². The molecule has 0 amide bonds. The van der Waals surface area contributed by atoms with Crippen LogP contribution in [0.3, 0.4) is 0 Å². The average molecular weight is 587 g/mol. The highest BCUT2D eigenvalue weighted by Gasteiger charge is 2.20. The Balaban J connectivity index is 1.28. The van der Waals surface area contributed by atoms with Crippen LogP contribution < -0.4 is 0 Å². The van der Waals surface area contributed by atoms with Gasteiger partial charge < -0.3 is 4.40 Å². The monoisotopic (exact) mass is 586 g/mol. The lowest BCUT2D eigenvalue weighted by Gasteiger charge is -2.10. The first-order valence-corrected chi connectivity index (χ1v) is 15.6. The third-order valence-corrected chi connectivity index (χ3v) is 9.36. The van der Waals surface area contributed by atoms with Crippen molar-refractivity contribution in [3.05, 3.63) is 158 Å². The summed E-state index contributed by atoms with van der Waals surface area (Å²) in [5.41, 5.74) is 10.1. The summed E-state index contributed by atoms with van der Waals surface area (Å²) in [6.45, 7) is 0. The van der Waals surface area contributed by atoms with Crippen LogP contribution in [0.25, 0.3) is 88.2 Å². The number of para-hydroxylation sites is 2. The Bertz CT molecular complexity index is 2810. The molecular weight excluding hydrogens is 560 g/mol. The Morgan fingerprint density at radius 3 is 1.85 bits per heavy atom. The number of benzene rings is 6. The molecule has 0 atom stereocenters. The van der Waals surface area contributed by atoms with Crippen LogP contribution in [-0.4, -0.2) is 18.9 Å². The van der Waals surface area contributed by atoms with Crippen molar-refractivity contribution in [2.75, 3.05) is 0 Å². The van der Waals surface area contributed by atoms with Crippen molar-refractivity contribution in [1.29, 1.82) is 0 Å². The van der Waals surface area contributed by atoms with Gasteiger partial charge in [0.1, 0.15) is 0 Å². The molecule has 10 aromatic rings. The molecule has 0 saturated carbocycles. The molecule has 0 saturated heterocycles. The van der Waals surface area contributed by atoms with E-state index in [1.54, 1.807) is 0 Å². The molecule has 6 aromatic carbocycles. The standard InChI is InChI=1S/C42H26N4/c1-2-11-27(12-3-1)28-13-10-14-29(25-28)36-23-24-43-42(44-36)46-38-20-9-7-18-33(38)34-21-22-39-35(41(34)46)26-40-32-17-5-4-15-30(32)31-16-6-8-19-37(31)45(39)40/h1-26H. The number of rotatable bonds is 3. The summed E-state index contributed by atoms with van der Waals surface area (Å²) >= 11 is 0. The van der Waals surface area contributed by atoms with Crippen molar-refractivity contribution in [1.82, 2.24) is 18.9 Å². The van der Waals surface area contributed by atoms with Crippen LogP contribution in [0.2, 0.25) is 0 Å². The molecule has 4 heterocycles. The fraction of sp³-hybridized carbons (Fsp3) is 0. The van der Waals surface area contributed by atoms with Gasteiger partial charge in [-0.2, -0.15) is 0 Å². The van der Waals surface area contributed by atoms with E-state index in [4.69, 9.17) is 9.97 Å². The van der Waals surface area contributed by atoms with E-state index in [2.05, 4.69) is 148 Å². The van der Waals surface area contributed by atoms with Crippen molar-refractivity contribution in [2.45, 2.75) is 0 Å². The maximum atomic E-state index is 5.23. The van der Waals surface area contributed by atoms with Crippen LogP contribution >= 0.6 is 0 Å². The maximum Gasteiger partial charge on any atom is 0.235 e. The highest BCUT2D eigenvalue weighted by molar-refractivity contribution is 6.22. The number of aromatic nitrogens is 4. The first-order chi connectivity index (χ1) is 22.8. The zero-order chi connectivity index (χ0) is 30.2. The molecule has 214 valence electrons. The highest BCUT2D eigenvalue weighted by Crippen LogP contribution is 2.40. The zero-order valence-corrected chi connectivity index (χ0v) is 24.8. The number of nitrogens with zero attached hydrogens (tertiary/aromatic N) is 4. The van der Waals surface area contributed by atoms with Gasteiger partial charge in [0.2, 0.25) is 5.95 Å². The van der Waals surface area contributed by atoms with Crippen LogP contribution in [0.15, 0.2) is 158 Å². The lowest BCUT2D eigenvalue weighted by atomic mass is 10.0. The molecule has 0 N–H and O–H groups in total. The van der Waals surface area contributed by atoms with Gasteiger partial charge in [0.15, 0.2) is 0 Å². The van der Waals surface area contributed by atoms with Crippen molar-refractivity contribution in [2.24, 2.45) is 0 Å². The number of fused-ring (bicyclic) bond motifs is 12. The molecule has 0 aliphatic heterocycles.